The van der Waals surface area contributed by atoms with Crippen molar-refractivity contribution < 1.29 is 9.59 Å². The fraction of sp³-hybridized carbons (Fsp3) is 0.556. The van der Waals surface area contributed by atoms with Gasteiger partial charge in [0, 0.05) is 32.1 Å². The first-order chi connectivity index (χ1) is 10.3. The van der Waals surface area contributed by atoms with E-state index in [1.807, 2.05) is 29.2 Å². The third-order valence-electron chi connectivity index (χ3n) is 3.20. The smallest absolute Gasteiger partial charge is 0.253 e. The summed E-state index contributed by atoms with van der Waals surface area (Å²) in [7, 11) is 0. The molecule has 0 atom stereocenters. The summed E-state index contributed by atoms with van der Waals surface area (Å²) in [6.45, 7) is 12.0. The molecule has 1 aromatic rings. The van der Waals surface area contributed by atoms with Crippen LogP contribution in [0.1, 0.15) is 50.5 Å². The minimum Gasteiger partial charge on any atom is -0.352 e. The van der Waals surface area contributed by atoms with Crippen LogP contribution < -0.4 is 5.32 Å². The second-order valence-electron chi connectivity index (χ2n) is 6.60. The topological polar surface area (TPSA) is 49.4 Å². The van der Waals surface area contributed by atoms with Crippen LogP contribution in [0, 0.1) is 11.8 Å². The lowest BCUT2D eigenvalue weighted by Crippen LogP contribution is -2.37. The molecule has 0 aliphatic carbocycles. The zero-order valence-corrected chi connectivity index (χ0v) is 14.3. The normalized spacial score (nSPS) is 10.9. The van der Waals surface area contributed by atoms with E-state index in [0.29, 0.717) is 23.9 Å². The highest BCUT2D eigenvalue weighted by Gasteiger charge is 2.17. The van der Waals surface area contributed by atoms with Crippen LogP contribution in [0.2, 0.25) is 0 Å². The molecule has 1 aromatic carbocycles. The first-order valence-corrected chi connectivity index (χ1v) is 7.92. The fourth-order valence-corrected chi connectivity index (χ4v) is 2.30. The van der Waals surface area contributed by atoms with Gasteiger partial charge in [-0.1, -0.05) is 39.8 Å². The van der Waals surface area contributed by atoms with E-state index < -0.39 is 0 Å². The largest absolute Gasteiger partial charge is 0.352 e. The second-order valence-corrected chi connectivity index (χ2v) is 6.60. The molecular weight excluding hydrogens is 276 g/mol. The molecule has 0 saturated carbocycles. The minimum absolute atomic E-state index is 0.0554. The van der Waals surface area contributed by atoms with Gasteiger partial charge in [-0.15, -0.1) is 0 Å². The Labute approximate surface area is 133 Å². The third-order valence-corrected chi connectivity index (χ3v) is 3.20. The van der Waals surface area contributed by atoms with Crippen LogP contribution >= 0.6 is 0 Å². The van der Waals surface area contributed by atoms with Crippen molar-refractivity contribution in [3.8, 4) is 0 Å². The molecule has 122 valence electrons. The number of benzene rings is 1. The number of rotatable bonds is 7. The molecule has 4 nitrogen and oxygen atoms in total. The number of hydrogen-bond donors (Lipinski definition) is 1. The summed E-state index contributed by atoms with van der Waals surface area (Å²) in [5, 5.41) is 2.75. The summed E-state index contributed by atoms with van der Waals surface area (Å²) >= 11 is 0. The van der Waals surface area contributed by atoms with E-state index in [1.54, 1.807) is 0 Å². The monoisotopic (exact) mass is 304 g/mol. The zero-order valence-electron chi connectivity index (χ0n) is 14.3. The molecule has 1 N–H and O–H groups in total. The van der Waals surface area contributed by atoms with Gasteiger partial charge in [0.1, 0.15) is 0 Å². The van der Waals surface area contributed by atoms with Crippen LogP contribution in [0.25, 0.3) is 0 Å². The number of amides is 2. The summed E-state index contributed by atoms with van der Waals surface area (Å²) in [5.41, 5.74) is 1.69. The van der Waals surface area contributed by atoms with Gasteiger partial charge in [-0.25, -0.2) is 0 Å². The van der Waals surface area contributed by atoms with Crippen molar-refractivity contribution in [2.75, 3.05) is 13.1 Å². The summed E-state index contributed by atoms with van der Waals surface area (Å²) in [5.74, 6) is 0.914. The van der Waals surface area contributed by atoms with Crippen molar-refractivity contribution in [3.63, 3.8) is 0 Å². The van der Waals surface area contributed by atoms with Gasteiger partial charge in [0.05, 0.1) is 0 Å². The van der Waals surface area contributed by atoms with Crippen LogP contribution in [0.4, 0.5) is 0 Å². The van der Waals surface area contributed by atoms with Crippen LogP contribution in [0.15, 0.2) is 24.3 Å². The Hall–Kier alpha value is -1.84. The Kier molecular flexibility index (Phi) is 7.09. The Bertz CT molecular complexity index is 482. The highest BCUT2D eigenvalue weighted by Crippen LogP contribution is 2.12. The van der Waals surface area contributed by atoms with E-state index in [1.165, 1.54) is 6.92 Å². The highest BCUT2D eigenvalue weighted by atomic mass is 16.2. The average molecular weight is 304 g/mol. The average Bonchev–Trinajstić information content (AvgIpc) is 2.43. The second kappa shape index (κ2) is 8.57. The summed E-state index contributed by atoms with van der Waals surface area (Å²) in [4.78, 5) is 25.5. The molecule has 0 aromatic heterocycles. The van der Waals surface area contributed by atoms with E-state index in [-0.39, 0.29) is 11.8 Å². The molecule has 0 spiro atoms. The molecule has 4 heteroatoms. The van der Waals surface area contributed by atoms with Gasteiger partial charge in [0.15, 0.2) is 0 Å². The zero-order chi connectivity index (χ0) is 16.7. The molecule has 0 heterocycles. The first kappa shape index (κ1) is 18.2. The van der Waals surface area contributed by atoms with E-state index in [0.717, 1.165) is 18.7 Å². The number of nitrogens with one attached hydrogen (secondary N) is 1. The Balaban J connectivity index is 2.78. The van der Waals surface area contributed by atoms with Gasteiger partial charge in [0.25, 0.3) is 5.91 Å². The van der Waals surface area contributed by atoms with Crippen molar-refractivity contribution >= 4 is 11.8 Å². The standard InChI is InChI=1S/C18H28N2O2/c1-13(2)11-20(12-14(3)4)18(22)17-8-6-16(7-9-17)10-19-15(5)21/h6-9,13-14H,10-12H2,1-5H3,(H,19,21). The third kappa shape index (κ3) is 6.29. The molecule has 0 aliphatic rings. The number of carbonyl (C=O) groups excluding carboxylic acids is 2. The fourth-order valence-electron chi connectivity index (χ4n) is 2.30. The Morgan fingerprint density at radius 2 is 1.50 bits per heavy atom. The van der Waals surface area contributed by atoms with Gasteiger partial charge in [-0.2, -0.15) is 0 Å². The summed E-state index contributed by atoms with van der Waals surface area (Å²) in [6.07, 6.45) is 0. The van der Waals surface area contributed by atoms with Crippen molar-refractivity contribution in [1.82, 2.24) is 10.2 Å². The molecule has 0 bridgehead atoms. The lowest BCUT2D eigenvalue weighted by atomic mass is 10.1. The Morgan fingerprint density at radius 3 is 1.91 bits per heavy atom. The first-order valence-electron chi connectivity index (χ1n) is 7.92. The van der Waals surface area contributed by atoms with Gasteiger partial charge in [-0.05, 0) is 29.5 Å². The molecule has 0 unspecified atom stereocenters. The number of carbonyl (C=O) groups is 2. The van der Waals surface area contributed by atoms with E-state index in [4.69, 9.17) is 0 Å². The lowest BCUT2D eigenvalue weighted by Gasteiger charge is -2.26. The predicted octanol–water partition coefficient (Wildman–Crippen LogP) is 3.08. The van der Waals surface area contributed by atoms with Crippen molar-refractivity contribution in [3.05, 3.63) is 35.4 Å². The van der Waals surface area contributed by atoms with Crippen LogP contribution in [-0.2, 0) is 11.3 Å². The maximum Gasteiger partial charge on any atom is 0.253 e. The molecule has 1 rings (SSSR count). The molecule has 0 saturated heterocycles. The molecule has 0 radical (unpaired) electrons. The van der Waals surface area contributed by atoms with Gasteiger partial charge in [-0.3, -0.25) is 9.59 Å². The maximum atomic E-state index is 12.6. The van der Waals surface area contributed by atoms with Crippen molar-refractivity contribution in [2.45, 2.75) is 41.2 Å². The predicted molar refractivity (Wildman–Crippen MR) is 89.5 cm³/mol. The summed E-state index contributed by atoms with van der Waals surface area (Å²) < 4.78 is 0. The van der Waals surface area contributed by atoms with Gasteiger partial charge < -0.3 is 10.2 Å². The summed E-state index contributed by atoms with van der Waals surface area (Å²) in [6, 6.07) is 7.47. The van der Waals surface area contributed by atoms with E-state index in [2.05, 4.69) is 33.0 Å². The van der Waals surface area contributed by atoms with Gasteiger partial charge in [0.2, 0.25) is 5.91 Å². The number of nitrogens with zero attached hydrogens (tertiary/aromatic N) is 1. The number of hydrogen-bond acceptors (Lipinski definition) is 2. The van der Waals surface area contributed by atoms with Gasteiger partial charge >= 0.3 is 0 Å². The van der Waals surface area contributed by atoms with Crippen molar-refractivity contribution in [2.24, 2.45) is 11.8 Å². The molecule has 22 heavy (non-hydrogen) atoms. The Morgan fingerprint density at radius 1 is 1.00 bits per heavy atom. The molecular formula is C18H28N2O2. The van der Waals surface area contributed by atoms with Crippen LogP contribution in [0.5, 0.6) is 0 Å². The van der Waals surface area contributed by atoms with E-state index >= 15 is 0 Å². The lowest BCUT2D eigenvalue weighted by molar-refractivity contribution is -0.119. The maximum absolute atomic E-state index is 12.6. The van der Waals surface area contributed by atoms with Crippen LogP contribution in [0.3, 0.4) is 0 Å². The van der Waals surface area contributed by atoms with Crippen molar-refractivity contribution in [1.29, 1.82) is 0 Å². The SMILES string of the molecule is CC(=O)NCc1ccc(C(=O)N(CC(C)C)CC(C)C)cc1. The highest BCUT2D eigenvalue weighted by molar-refractivity contribution is 5.94. The van der Waals surface area contributed by atoms with E-state index in [9.17, 15) is 9.59 Å². The minimum atomic E-state index is -0.0554. The molecule has 0 aliphatic heterocycles. The quantitative estimate of drug-likeness (QED) is 0.841. The molecule has 0 fully saturated rings. The van der Waals surface area contributed by atoms with Crippen LogP contribution in [-0.4, -0.2) is 29.8 Å². The molecule has 2 amide bonds.